The summed E-state index contributed by atoms with van der Waals surface area (Å²) < 4.78 is 6.27. The first kappa shape index (κ1) is 16.8. The number of rotatable bonds is 3. The molecule has 0 radical (unpaired) electrons. The largest absolute Gasteiger partial charge is 0.370 e. The highest BCUT2D eigenvalue weighted by Crippen LogP contribution is 2.28. The van der Waals surface area contributed by atoms with Crippen LogP contribution in [-0.2, 0) is 4.74 Å². The van der Waals surface area contributed by atoms with E-state index in [1.54, 1.807) is 0 Å². The minimum Gasteiger partial charge on any atom is -0.370 e. The van der Waals surface area contributed by atoms with E-state index in [9.17, 15) is 0 Å². The topological polar surface area (TPSA) is 31.8 Å². The second-order valence-corrected chi connectivity index (χ2v) is 7.42. The molecule has 2 saturated heterocycles. The monoisotopic (exact) mass is 340 g/mol. The number of hydrogen-bond donors (Lipinski definition) is 0. The van der Waals surface area contributed by atoms with Crippen molar-refractivity contribution in [3.8, 4) is 0 Å². The van der Waals surface area contributed by atoms with Crippen molar-refractivity contribution in [1.29, 1.82) is 0 Å². The van der Waals surface area contributed by atoms with Crippen LogP contribution in [0.15, 0.2) is 36.5 Å². The highest BCUT2D eigenvalue weighted by molar-refractivity contribution is 5.91. The van der Waals surface area contributed by atoms with Crippen LogP contribution in [0.4, 0.5) is 5.69 Å². The maximum atomic E-state index is 6.27. The van der Waals surface area contributed by atoms with Gasteiger partial charge in [0.15, 0.2) is 0 Å². The van der Waals surface area contributed by atoms with E-state index in [4.69, 9.17) is 4.74 Å². The molecule has 1 aromatic heterocycles. The Morgan fingerprint density at radius 3 is 2.76 bits per heavy atom. The van der Waals surface area contributed by atoms with Gasteiger partial charge in [0.25, 0.3) is 0 Å². The molecule has 0 saturated carbocycles. The van der Waals surface area contributed by atoms with Crippen molar-refractivity contribution in [2.75, 3.05) is 57.8 Å². The molecule has 2 fully saturated rings. The number of ether oxygens (including phenoxy) is 1. The molecule has 0 unspecified atom stereocenters. The molecule has 0 aliphatic carbocycles. The zero-order valence-corrected chi connectivity index (χ0v) is 15.3. The van der Waals surface area contributed by atoms with Crippen molar-refractivity contribution < 1.29 is 4.74 Å². The molecule has 2 aliphatic heterocycles. The number of piperazine rings is 1. The van der Waals surface area contributed by atoms with Crippen molar-refractivity contribution >= 4 is 16.6 Å². The fourth-order valence-electron chi connectivity index (χ4n) is 4.02. The van der Waals surface area contributed by atoms with Gasteiger partial charge in [0, 0.05) is 63.1 Å². The lowest BCUT2D eigenvalue weighted by Crippen LogP contribution is -2.53. The van der Waals surface area contributed by atoms with Crippen LogP contribution in [0.1, 0.15) is 6.92 Å². The minimum atomic E-state index is 0.248. The van der Waals surface area contributed by atoms with E-state index < -0.39 is 0 Å². The van der Waals surface area contributed by atoms with Gasteiger partial charge in [0.2, 0.25) is 0 Å². The zero-order valence-electron chi connectivity index (χ0n) is 15.3. The molecule has 0 bridgehead atoms. The Morgan fingerprint density at radius 1 is 1.08 bits per heavy atom. The number of anilines is 1. The molecule has 2 aliphatic rings. The Hall–Kier alpha value is -1.69. The first-order valence-electron chi connectivity index (χ1n) is 9.34. The van der Waals surface area contributed by atoms with Crippen LogP contribution in [0.2, 0.25) is 0 Å². The summed E-state index contributed by atoms with van der Waals surface area (Å²) in [5.74, 6) is 0. The number of likely N-dealkylation sites (N-methyl/N-ethyl adjacent to an activating group) is 1. The summed E-state index contributed by atoms with van der Waals surface area (Å²) in [6, 6.07) is 10.6. The Kier molecular flexibility index (Phi) is 4.88. The number of morpholine rings is 1. The SMILES string of the molecule is C[C@@H]1CN(c2cccc3ncccc23)C[C@H](CN2CCN(C)CC2)O1. The minimum absolute atomic E-state index is 0.248. The molecule has 0 amide bonds. The number of fused-ring (bicyclic) bond motifs is 1. The third-order valence-corrected chi connectivity index (χ3v) is 5.35. The van der Waals surface area contributed by atoms with Crippen LogP contribution in [0, 0.1) is 0 Å². The van der Waals surface area contributed by atoms with Crippen LogP contribution in [-0.4, -0.2) is 79.9 Å². The normalized spacial score (nSPS) is 26.2. The first-order chi connectivity index (χ1) is 12.2. The Bertz CT molecular complexity index is 708. The molecule has 5 heteroatoms. The lowest BCUT2D eigenvalue weighted by atomic mass is 10.1. The van der Waals surface area contributed by atoms with Crippen molar-refractivity contribution in [2.24, 2.45) is 0 Å². The smallest absolute Gasteiger partial charge is 0.0881 e. The van der Waals surface area contributed by atoms with E-state index in [2.05, 4.69) is 57.9 Å². The third-order valence-electron chi connectivity index (χ3n) is 5.35. The molecule has 2 aromatic rings. The van der Waals surface area contributed by atoms with E-state index in [1.165, 1.54) is 11.1 Å². The number of nitrogens with zero attached hydrogens (tertiary/aromatic N) is 4. The van der Waals surface area contributed by atoms with E-state index in [1.807, 2.05) is 12.3 Å². The maximum Gasteiger partial charge on any atom is 0.0881 e. The highest BCUT2D eigenvalue weighted by atomic mass is 16.5. The molecule has 2 atom stereocenters. The lowest BCUT2D eigenvalue weighted by Gasteiger charge is -2.41. The van der Waals surface area contributed by atoms with Gasteiger partial charge in [-0.25, -0.2) is 0 Å². The number of benzene rings is 1. The van der Waals surface area contributed by atoms with Crippen molar-refractivity contribution in [3.63, 3.8) is 0 Å². The molecule has 25 heavy (non-hydrogen) atoms. The van der Waals surface area contributed by atoms with Gasteiger partial charge in [-0.05, 0) is 38.2 Å². The lowest BCUT2D eigenvalue weighted by molar-refractivity contribution is -0.0369. The quantitative estimate of drug-likeness (QED) is 0.854. The summed E-state index contributed by atoms with van der Waals surface area (Å²) in [5.41, 5.74) is 2.35. The average Bonchev–Trinajstić information content (AvgIpc) is 2.63. The fraction of sp³-hybridized carbons (Fsp3) is 0.550. The summed E-state index contributed by atoms with van der Waals surface area (Å²) in [7, 11) is 2.20. The van der Waals surface area contributed by atoms with Gasteiger partial charge in [0.05, 0.1) is 17.7 Å². The predicted molar refractivity (Wildman–Crippen MR) is 102 cm³/mol. The van der Waals surface area contributed by atoms with Crippen LogP contribution in [0.25, 0.3) is 10.9 Å². The Morgan fingerprint density at radius 2 is 1.92 bits per heavy atom. The summed E-state index contributed by atoms with van der Waals surface area (Å²) >= 11 is 0. The summed E-state index contributed by atoms with van der Waals surface area (Å²) in [4.78, 5) is 11.9. The van der Waals surface area contributed by atoms with E-state index in [0.29, 0.717) is 0 Å². The third kappa shape index (κ3) is 3.78. The average molecular weight is 340 g/mol. The molecule has 5 nitrogen and oxygen atoms in total. The van der Waals surface area contributed by atoms with Gasteiger partial charge >= 0.3 is 0 Å². The van der Waals surface area contributed by atoms with Gasteiger partial charge in [-0.2, -0.15) is 0 Å². The van der Waals surface area contributed by atoms with Crippen LogP contribution in [0.5, 0.6) is 0 Å². The van der Waals surface area contributed by atoms with Gasteiger partial charge in [-0.3, -0.25) is 9.88 Å². The molecule has 1 aromatic carbocycles. The molecule has 3 heterocycles. The molecule has 0 spiro atoms. The summed E-state index contributed by atoms with van der Waals surface area (Å²) in [6.07, 6.45) is 2.38. The van der Waals surface area contributed by atoms with Crippen LogP contribution in [0.3, 0.4) is 0 Å². The van der Waals surface area contributed by atoms with Crippen molar-refractivity contribution in [2.45, 2.75) is 19.1 Å². The first-order valence-corrected chi connectivity index (χ1v) is 9.34. The number of aromatic nitrogens is 1. The second-order valence-electron chi connectivity index (χ2n) is 7.42. The highest BCUT2D eigenvalue weighted by Gasteiger charge is 2.28. The van der Waals surface area contributed by atoms with Crippen LogP contribution < -0.4 is 4.90 Å². The van der Waals surface area contributed by atoms with Crippen LogP contribution >= 0.6 is 0 Å². The molecular formula is C20H28N4O. The fourth-order valence-corrected chi connectivity index (χ4v) is 4.02. The molecule has 4 rings (SSSR count). The van der Waals surface area contributed by atoms with Gasteiger partial charge in [-0.1, -0.05) is 6.07 Å². The zero-order chi connectivity index (χ0) is 17.2. The molecular weight excluding hydrogens is 312 g/mol. The van der Waals surface area contributed by atoms with Gasteiger partial charge in [0.1, 0.15) is 0 Å². The Balaban J connectivity index is 1.50. The summed E-state index contributed by atoms with van der Waals surface area (Å²) in [5, 5.41) is 1.23. The summed E-state index contributed by atoms with van der Waals surface area (Å²) in [6.45, 7) is 9.69. The standard InChI is InChI=1S/C20H28N4O/c1-16-13-24(20-7-3-6-19-18(20)5-4-8-21-19)15-17(25-16)14-23-11-9-22(2)10-12-23/h3-8,16-17H,9-15H2,1-2H3/t16-,17+/m1/s1. The number of pyridine rings is 1. The van der Waals surface area contributed by atoms with E-state index in [-0.39, 0.29) is 12.2 Å². The van der Waals surface area contributed by atoms with E-state index >= 15 is 0 Å². The van der Waals surface area contributed by atoms with Gasteiger partial charge in [-0.15, -0.1) is 0 Å². The Labute approximate surface area is 150 Å². The predicted octanol–water partition coefficient (Wildman–Crippen LogP) is 2.08. The second kappa shape index (κ2) is 7.28. The molecule has 0 N–H and O–H groups in total. The van der Waals surface area contributed by atoms with Crippen molar-refractivity contribution in [1.82, 2.24) is 14.8 Å². The van der Waals surface area contributed by atoms with Crippen molar-refractivity contribution in [3.05, 3.63) is 36.5 Å². The van der Waals surface area contributed by atoms with E-state index in [0.717, 1.165) is 51.3 Å². The maximum absolute atomic E-state index is 6.27. The molecule has 134 valence electrons. The number of hydrogen-bond acceptors (Lipinski definition) is 5. The van der Waals surface area contributed by atoms with Gasteiger partial charge < -0.3 is 14.5 Å².